The fraction of sp³-hybridized carbons (Fsp3) is 0.359. The topological polar surface area (TPSA) is 167 Å². The molecule has 0 saturated heterocycles. The van der Waals surface area contributed by atoms with Crippen LogP contribution in [-0.4, -0.2) is 54.7 Å². The number of Topliss-reactive ketones (excluding diaryl/α,β-unsaturated/α-hetero) is 1. The van der Waals surface area contributed by atoms with Crippen molar-refractivity contribution in [3.05, 3.63) is 127 Å². The lowest BCUT2D eigenvalue weighted by molar-refractivity contribution is -0.438. The van der Waals surface area contributed by atoms with Crippen molar-refractivity contribution in [2.24, 2.45) is 5.92 Å². The smallest absolute Gasteiger partial charge is 0.303 e. The Hall–Kier alpha value is -5.49. The highest BCUT2D eigenvalue weighted by Crippen LogP contribution is 2.50. The summed E-state index contributed by atoms with van der Waals surface area (Å²) in [6.07, 6.45) is 4.69. The van der Waals surface area contributed by atoms with Gasteiger partial charge >= 0.3 is 5.97 Å². The zero-order chi connectivity index (χ0) is 36.8. The van der Waals surface area contributed by atoms with Crippen molar-refractivity contribution in [2.45, 2.75) is 76.9 Å². The maximum Gasteiger partial charge on any atom is 0.303 e. The molecule has 2 N–H and O–H groups in total. The summed E-state index contributed by atoms with van der Waals surface area (Å²) >= 11 is 0. The largest absolute Gasteiger partial charge is 0.481 e. The molecule has 2 unspecified atom stereocenters. The summed E-state index contributed by atoms with van der Waals surface area (Å²) in [5, 5.41) is 43.9. The standard InChI is InChI=1S/C39H40N4O8/c1-38(2)29-12-7-9-14-31(29)40(17-11-5-6-16-35(44)45)33(38)21-27-36(46)28(37(27)47)22-34-39(3,4)30-13-8-10-15-32(30)41(34)23-24-18-25(42(48)49)20-26(19-24)43(50)51/h7-10,12-15,18-22,28,36,46H,5-6,11,16-17,23H2,1-4H3/p+1. The molecule has 0 aromatic heterocycles. The SMILES string of the molecule is CC1(C)C(=CC2C(=O)C(=CC3=[N+](CCCCCC(=O)O)c4ccccc4C3(C)C)C2O)N(Cc2cc([N+](=O)[O-])cc([N+](=O)[O-])c2)c2ccccc21. The van der Waals surface area contributed by atoms with Gasteiger partial charge in [0, 0.05) is 71.6 Å². The monoisotopic (exact) mass is 693 g/mol. The number of rotatable bonds is 12. The minimum atomic E-state index is -1.09. The van der Waals surface area contributed by atoms with Gasteiger partial charge in [-0.25, -0.2) is 0 Å². The van der Waals surface area contributed by atoms with Gasteiger partial charge in [-0.3, -0.25) is 29.8 Å². The number of non-ortho nitro benzene ring substituents is 2. The number of aliphatic hydroxyl groups excluding tert-OH is 1. The number of carbonyl (C=O) groups excluding carboxylic acids is 1. The molecule has 0 radical (unpaired) electrons. The van der Waals surface area contributed by atoms with Crippen molar-refractivity contribution in [2.75, 3.05) is 11.4 Å². The molecular formula is C39H41N4O8+. The summed E-state index contributed by atoms with van der Waals surface area (Å²) in [7, 11) is 0. The van der Waals surface area contributed by atoms with Crippen molar-refractivity contribution in [1.82, 2.24) is 0 Å². The maximum absolute atomic E-state index is 14.0. The van der Waals surface area contributed by atoms with Gasteiger partial charge in [0.1, 0.15) is 6.54 Å². The number of carboxylic acids is 1. The Morgan fingerprint density at radius 2 is 1.53 bits per heavy atom. The fourth-order valence-corrected chi connectivity index (χ4v) is 7.74. The van der Waals surface area contributed by atoms with Gasteiger partial charge in [-0.05, 0) is 43.9 Å². The van der Waals surface area contributed by atoms with E-state index < -0.39 is 38.7 Å². The van der Waals surface area contributed by atoms with Gasteiger partial charge in [-0.1, -0.05) is 56.3 Å². The zero-order valence-corrected chi connectivity index (χ0v) is 29.0. The quantitative estimate of drug-likeness (QED) is 0.0675. The highest BCUT2D eigenvalue weighted by molar-refractivity contribution is 6.14. The molecule has 0 bridgehead atoms. The molecule has 51 heavy (non-hydrogen) atoms. The summed E-state index contributed by atoms with van der Waals surface area (Å²) in [5.74, 6) is -1.88. The molecule has 3 aromatic carbocycles. The number of anilines is 1. The van der Waals surface area contributed by atoms with Crippen LogP contribution in [-0.2, 0) is 27.0 Å². The predicted molar refractivity (Wildman–Crippen MR) is 191 cm³/mol. The molecule has 1 aliphatic carbocycles. The van der Waals surface area contributed by atoms with Crippen LogP contribution in [0.1, 0.15) is 70.1 Å². The second-order valence-electron chi connectivity index (χ2n) is 14.5. The van der Waals surface area contributed by atoms with Gasteiger partial charge in [0.25, 0.3) is 11.4 Å². The average Bonchev–Trinajstić information content (AvgIpc) is 3.43. The molecule has 12 nitrogen and oxygen atoms in total. The Kier molecular flexibility index (Phi) is 9.24. The molecule has 1 saturated carbocycles. The second kappa shape index (κ2) is 13.3. The number of ketones is 1. The molecule has 0 spiro atoms. The number of aliphatic hydroxyl groups is 1. The summed E-state index contributed by atoms with van der Waals surface area (Å²) < 4.78 is 2.17. The number of carboxylic acid groups (broad SMARTS) is 1. The number of aliphatic carboxylic acids is 1. The molecule has 2 heterocycles. The lowest BCUT2D eigenvalue weighted by Gasteiger charge is -2.35. The van der Waals surface area contributed by atoms with Crippen LogP contribution in [0.4, 0.5) is 22.7 Å². The van der Waals surface area contributed by atoms with Crippen LogP contribution in [0.5, 0.6) is 0 Å². The maximum atomic E-state index is 14.0. The Labute approximate surface area is 295 Å². The van der Waals surface area contributed by atoms with E-state index in [1.165, 1.54) is 12.1 Å². The normalized spacial score (nSPS) is 21.5. The summed E-state index contributed by atoms with van der Waals surface area (Å²) in [4.78, 5) is 48.8. The first-order valence-corrected chi connectivity index (χ1v) is 17.0. The Balaban J connectivity index is 1.34. The number of hydrogen-bond acceptors (Lipinski definition) is 8. The number of unbranched alkanes of at least 4 members (excludes halogenated alkanes) is 2. The van der Waals surface area contributed by atoms with Gasteiger partial charge in [0.05, 0.1) is 33.3 Å². The van der Waals surface area contributed by atoms with Gasteiger partial charge in [-0.15, -0.1) is 0 Å². The van der Waals surface area contributed by atoms with E-state index >= 15 is 0 Å². The van der Waals surface area contributed by atoms with Crippen LogP contribution in [0.15, 0.2) is 90.2 Å². The minimum Gasteiger partial charge on any atom is -0.481 e. The number of hydrogen-bond donors (Lipinski definition) is 2. The number of allylic oxidation sites excluding steroid dienone is 2. The van der Waals surface area contributed by atoms with Crippen molar-refractivity contribution in [3.63, 3.8) is 0 Å². The van der Waals surface area contributed by atoms with Crippen LogP contribution < -0.4 is 4.90 Å². The van der Waals surface area contributed by atoms with Crippen LogP contribution in [0, 0.1) is 26.1 Å². The predicted octanol–water partition coefficient (Wildman–Crippen LogP) is 6.89. The average molecular weight is 694 g/mol. The molecule has 2 aliphatic heterocycles. The first-order chi connectivity index (χ1) is 24.1. The number of fused-ring (bicyclic) bond motifs is 2. The summed E-state index contributed by atoms with van der Waals surface area (Å²) in [6, 6.07) is 19.3. The van der Waals surface area contributed by atoms with E-state index in [0.717, 1.165) is 47.1 Å². The van der Waals surface area contributed by atoms with E-state index in [4.69, 9.17) is 5.11 Å². The molecule has 0 amide bonds. The lowest BCUT2D eigenvalue weighted by atomic mass is 9.71. The third-order valence-corrected chi connectivity index (χ3v) is 10.5. The Bertz CT molecular complexity index is 2030. The first kappa shape index (κ1) is 35.3. The fourth-order valence-electron chi connectivity index (χ4n) is 7.74. The van der Waals surface area contributed by atoms with Crippen LogP contribution >= 0.6 is 0 Å². The van der Waals surface area contributed by atoms with E-state index in [1.54, 1.807) is 6.08 Å². The van der Waals surface area contributed by atoms with E-state index in [-0.39, 0.29) is 30.1 Å². The third kappa shape index (κ3) is 6.35. The van der Waals surface area contributed by atoms with E-state index in [0.29, 0.717) is 29.8 Å². The van der Waals surface area contributed by atoms with Crippen molar-refractivity contribution < 1.29 is 34.2 Å². The third-order valence-electron chi connectivity index (χ3n) is 10.5. The first-order valence-electron chi connectivity index (χ1n) is 17.0. The molecule has 3 aliphatic rings. The van der Waals surface area contributed by atoms with E-state index in [9.17, 15) is 34.9 Å². The van der Waals surface area contributed by atoms with Crippen molar-refractivity contribution >= 4 is 40.2 Å². The highest BCUT2D eigenvalue weighted by Gasteiger charge is 2.50. The van der Waals surface area contributed by atoms with Crippen LogP contribution in [0.25, 0.3) is 0 Å². The molecule has 2 atom stereocenters. The van der Waals surface area contributed by atoms with Crippen LogP contribution in [0.2, 0.25) is 0 Å². The van der Waals surface area contributed by atoms with Crippen LogP contribution in [0.3, 0.4) is 0 Å². The minimum absolute atomic E-state index is 0.0697. The van der Waals surface area contributed by atoms with Crippen molar-refractivity contribution in [3.8, 4) is 0 Å². The molecule has 1 fully saturated rings. The number of para-hydroxylation sites is 2. The molecule has 3 aromatic rings. The zero-order valence-electron chi connectivity index (χ0n) is 29.0. The number of carbonyl (C=O) groups is 2. The highest BCUT2D eigenvalue weighted by atomic mass is 16.6. The van der Waals surface area contributed by atoms with Gasteiger partial charge in [0.15, 0.2) is 11.5 Å². The Morgan fingerprint density at radius 3 is 2.16 bits per heavy atom. The number of nitrogens with zero attached hydrogens (tertiary/aromatic N) is 4. The number of nitro groups is 2. The number of benzene rings is 3. The molecular weight excluding hydrogens is 652 g/mol. The van der Waals surface area contributed by atoms with E-state index in [1.807, 2.05) is 67.3 Å². The van der Waals surface area contributed by atoms with E-state index in [2.05, 4.69) is 24.5 Å². The van der Waals surface area contributed by atoms with Crippen molar-refractivity contribution in [1.29, 1.82) is 0 Å². The summed E-state index contributed by atoms with van der Waals surface area (Å²) in [5.41, 5.74) is 4.28. The molecule has 6 rings (SSSR count). The van der Waals surface area contributed by atoms with Gasteiger partial charge < -0.3 is 15.1 Å². The molecule has 12 heteroatoms. The van der Waals surface area contributed by atoms with Gasteiger partial charge in [0.2, 0.25) is 5.69 Å². The lowest BCUT2D eigenvalue weighted by Crippen LogP contribution is -2.46. The van der Waals surface area contributed by atoms with Gasteiger partial charge in [-0.2, -0.15) is 4.58 Å². The summed E-state index contributed by atoms with van der Waals surface area (Å²) in [6.45, 7) is 8.89. The number of nitro benzene ring substituents is 2. The Morgan fingerprint density at radius 1 is 0.902 bits per heavy atom. The second-order valence-corrected chi connectivity index (χ2v) is 14.5. The molecule has 264 valence electrons.